The van der Waals surface area contributed by atoms with Gasteiger partial charge in [-0.05, 0) is 38.5 Å². The molecule has 26 heavy (non-hydrogen) atoms. The summed E-state index contributed by atoms with van der Waals surface area (Å²) in [7, 11) is 0. The third-order valence-corrected chi connectivity index (χ3v) is 5.97. The second kappa shape index (κ2) is 7.21. The molecule has 140 valence electrons. The number of rotatable bonds is 2. The Balaban J connectivity index is 1.49. The molecule has 0 saturated carbocycles. The molecule has 0 aromatic carbocycles. The second-order valence-electron chi connectivity index (χ2n) is 7.68. The summed E-state index contributed by atoms with van der Waals surface area (Å²) in [4.78, 5) is 25.3. The molecule has 1 amide bonds. The van der Waals surface area contributed by atoms with Crippen molar-refractivity contribution in [3.8, 4) is 0 Å². The Hall–Kier alpha value is -2.18. The van der Waals surface area contributed by atoms with Crippen LogP contribution in [0, 0.1) is 12.8 Å². The van der Waals surface area contributed by atoms with Gasteiger partial charge in [0.25, 0.3) is 5.78 Å². The van der Waals surface area contributed by atoms with E-state index >= 15 is 0 Å². The summed E-state index contributed by atoms with van der Waals surface area (Å²) < 4.78 is 1.83. The van der Waals surface area contributed by atoms with Crippen molar-refractivity contribution in [3.63, 3.8) is 0 Å². The van der Waals surface area contributed by atoms with Gasteiger partial charge >= 0.3 is 0 Å². The summed E-state index contributed by atoms with van der Waals surface area (Å²) >= 11 is 0. The molecule has 2 aliphatic heterocycles. The van der Waals surface area contributed by atoms with Gasteiger partial charge in [0.05, 0.1) is 0 Å². The highest BCUT2D eigenvalue weighted by Crippen LogP contribution is 2.31. The van der Waals surface area contributed by atoms with Crippen LogP contribution in [0.15, 0.2) is 12.4 Å². The molecule has 2 fully saturated rings. The van der Waals surface area contributed by atoms with E-state index in [1.165, 1.54) is 12.8 Å². The van der Waals surface area contributed by atoms with Gasteiger partial charge in [0, 0.05) is 44.4 Å². The van der Waals surface area contributed by atoms with Crippen molar-refractivity contribution in [2.24, 2.45) is 5.92 Å². The fourth-order valence-electron chi connectivity index (χ4n) is 4.67. The minimum atomic E-state index is 0.244. The normalized spacial score (nSPS) is 22.6. The molecular formula is C19H28N6O. The monoisotopic (exact) mass is 356 g/mol. The summed E-state index contributed by atoms with van der Waals surface area (Å²) in [5.41, 5.74) is 0.967. The van der Waals surface area contributed by atoms with E-state index < -0.39 is 0 Å². The first-order valence-corrected chi connectivity index (χ1v) is 9.83. The zero-order valence-electron chi connectivity index (χ0n) is 15.8. The predicted molar refractivity (Wildman–Crippen MR) is 100 cm³/mol. The third kappa shape index (κ3) is 3.27. The molecule has 4 heterocycles. The number of hydrogen-bond donors (Lipinski definition) is 0. The van der Waals surface area contributed by atoms with Crippen LogP contribution in [0.3, 0.4) is 0 Å². The molecule has 2 aromatic rings. The van der Waals surface area contributed by atoms with E-state index in [0.29, 0.717) is 17.7 Å². The van der Waals surface area contributed by atoms with E-state index in [1.807, 2.05) is 11.4 Å². The van der Waals surface area contributed by atoms with Gasteiger partial charge in [-0.1, -0.05) is 12.8 Å². The van der Waals surface area contributed by atoms with Crippen LogP contribution in [0.25, 0.3) is 5.78 Å². The highest BCUT2D eigenvalue weighted by molar-refractivity contribution is 5.73. The quantitative estimate of drug-likeness (QED) is 0.827. The number of piperidine rings is 1. The van der Waals surface area contributed by atoms with Crippen LogP contribution in [0.1, 0.15) is 51.1 Å². The largest absolute Gasteiger partial charge is 0.356 e. The number of anilines is 1. The van der Waals surface area contributed by atoms with Crippen molar-refractivity contribution in [1.29, 1.82) is 0 Å². The van der Waals surface area contributed by atoms with Crippen LogP contribution in [0.4, 0.5) is 5.82 Å². The lowest BCUT2D eigenvalue weighted by Crippen LogP contribution is -2.47. The van der Waals surface area contributed by atoms with E-state index in [2.05, 4.69) is 30.9 Å². The van der Waals surface area contributed by atoms with Gasteiger partial charge in [-0.2, -0.15) is 14.6 Å². The number of aromatic nitrogens is 4. The summed E-state index contributed by atoms with van der Waals surface area (Å²) in [6.07, 6.45) is 8.60. The van der Waals surface area contributed by atoms with Gasteiger partial charge < -0.3 is 9.80 Å². The molecule has 0 radical (unpaired) electrons. The first-order valence-electron chi connectivity index (χ1n) is 9.83. The van der Waals surface area contributed by atoms with Crippen LogP contribution in [0.5, 0.6) is 0 Å². The van der Waals surface area contributed by atoms with Crippen molar-refractivity contribution >= 4 is 17.5 Å². The number of aryl methyl sites for hydroxylation is 1. The van der Waals surface area contributed by atoms with Crippen LogP contribution in [0.2, 0.25) is 0 Å². The molecule has 0 bridgehead atoms. The van der Waals surface area contributed by atoms with E-state index in [4.69, 9.17) is 0 Å². The lowest BCUT2D eigenvalue weighted by Gasteiger charge is -2.41. The fourth-order valence-corrected chi connectivity index (χ4v) is 4.67. The minimum absolute atomic E-state index is 0.244. The zero-order chi connectivity index (χ0) is 18.1. The van der Waals surface area contributed by atoms with Gasteiger partial charge in [0.2, 0.25) is 5.91 Å². The van der Waals surface area contributed by atoms with Gasteiger partial charge in [0.15, 0.2) is 0 Å². The van der Waals surface area contributed by atoms with Gasteiger partial charge in [-0.3, -0.25) is 4.79 Å². The molecule has 4 rings (SSSR count). The number of carbonyl (C=O) groups excluding carboxylic acids is 1. The summed E-state index contributed by atoms with van der Waals surface area (Å²) in [5, 5.41) is 4.34. The predicted octanol–water partition coefficient (Wildman–Crippen LogP) is 2.44. The molecule has 0 aliphatic carbocycles. The van der Waals surface area contributed by atoms with E-state index in [9.17, 15) is 4.79 Å². The Kier molecular flexibility index (Phi) is 4.78. The maximum absolute atomic E-state index is 12.1. The highest BCUT2D eigenvalue weighted by atomic mass is 16.2. The van der Waals surface area contributed by atoms with Crippen molar-refractivity contribution in [3.05, 3.63) is 18.1 Å². The van der Waals surface area contributed by atoms with Crippen LogP contribution in [-0.4, -0.2) is 56.1 Å². The first kappa shape index (κ1) is 17.2. The van der Waals surface area contributed by atoms with Crippen molar-refractivity contribution in [2.45, 2.75) is 58.4 Å². The van der Waals surface area contributed by atoms with E-state index in [1.54, 1.807) is 13.3 Å². The fraction of sp³-hybridized carbons (Fsp3) is 0.684. The van der Waals surface area contributed by atoms with Crippen LogP contribution >= 0.6 is 0 Å². The maximum atomic E-state index is 12.1. The Labute approximate surface area is 154 Å². The van der Waals surface area contributed by atoms with Crippen LogP contribution < -0.4 is 4.90 Å². The Morgan fingerprint density at radius 1 is 1.12 bits per heavy atom. The zero-order valence-corrected chi connectivity index (χ0v) is 15.8. The number of hydrogen-bond acceptors (Lipinski definition) is 5. The first-order chi connectivity index (χ1) is 12.6. The molecule has 7 heteroatoms. The average Bonchev–Trinajstić information content (AvgIpc) is 2.96. The number of fused-ring (bicyclic) bond motifs is 1. The Morgan fingerprint density at radius 2 is 1.92 bits per heavy atom. The van der Waals surface area contributed by atoms with Crippen molar-refractivity contribution < 1.29 is 4.79 Å². The SMILES string of the molecule is CC(=O)N1CCCCCC1C1CCN(c2cc(C)nc3ncnn23)CC1. The van der Waals surface area contributed by atoms with Crippen molar-refractivity contribution in [2.75, 3.05) is 24.5 Å². The summed E-state index contributed by atoms with van der Waals surface area (Å²) in [6.45, 7) is 6.65. The standard InChI is InChI=1S/C19H28N6O/c1-14-12-18(25-19(22-14)20-13-21-25)23-10-7-16(8-11-23)17-6-4-3-5-9-24(17)15(2)26/h12-13,16-17H,3-11H2,1-2H3. The molecule has 1 unspecified atom stereocenters. The van der Waals surface area contributed by atoms with Crippen LogP contribution in [-0.2, 0) is 4.79 Å². The lowest BCUT2D eigenvalue weighted by molar-refractivity contribution is -0.132. The molecule has 2 aromatic heterocycles. The van der Waals surface area contributed by atoms with E-state index in [0.717, 1.165) is 56.8 Å². The van der Waals surface area contributed by atoms with Crippen molar-refractivity contribution in [1.82, 2.24) is 24.5 Å². The van der Waals surface area contributed by atoms with Gasteiger partial charge in [0.1, 0.15) is 12.1 Å². The number of amides is 1. The number of carbonyl (C=O) groups is 1. The Bertz CT molecular complexity index is 779. The molecular weight excluding hydrogens is 328 g/mol. The third-order valence-electron chi connectivity index (χ3n) is 5.97. The molecule has 2 saturated heterocycles. The van der Waals surface area contributed by atoms with Gasteiger partial charge in [-0.15, -0.1) is 0 Å². The summed E-state index contributed by atoms with van der Waals surface area (Å²) in [5.74, 6) is 2.58. The van der Waals surface area contributed by atoms with Gasteiger partial charge in [-0.25, -0.2) is 4.98 Å². The highest BCUT2D eigenvalue weighted by Gasteiger charge is 2.33. The molecule has 0 spiro atoms. The lowest BCUT2D eigenvalue weighted by atomic mass is 9.86. The van der Waals surface area contributed by atoms with E-state index in [-0.39, 0.29) is 5.91 Å². The second-order valence-corrected chi connectivity index (χ2v) is 7.68. The smallest absolute Gasteiger partial charge is 0.254 e. The molecule has 7 nitrogen and oxygen atoms in total. The topological polar surface area (TPSA) is 66.6 Å². The molecule has 0 N–H and O–H groups in total. The number of likely N-dealkylation sites (tertiary alicyclic amines) is 1. The Morgan fingerprint density at radius 3 is 2.69 bits per heavy atom. The number of nitrogens with zero attached hydrogens (tertiary/aromatic N) is 6. The maximum Gasteiger partial charge on any atom is 0.254 e. The minimum Gasteiger partial charge on any atom is -0.356 e. The summed E-state index contributed by atoms with van der Waals surface area (Å²) in [6, 6.07) is 2.51. The molecule has 1 atom stereocenters. The molecule has 2 aliphatic rings. The average molecular weight is 356 g/mol.